The number of hydrogen-bond donors (Lipinski definition) is 2. The number of carboxylic acids is 2. The predicted molar refractivity (Wildman–Crippen MR) is 241 cm³/mol. The maximum absolute atomic E-state index is 12.0. The van der Waals surface area contributed by atoms with Crippen LogP contribution in [0.2, 0.25) is 0 Å². The van der Waals surface area contributed by atoms with Crippen LogP contribution < -0.4 is 9.47 Å². The Balaban J connectivity index is 0.000000231. The average molecular weight is 825 g/mol. The molecule has 0 aromatic heterocycles. The molecule has 4 aromatic carbocycles. The summed E-state index contributed by atoms with van der Waals surface area (Å²) in [6.45, 7) is 9.99. The lowest BCUT2D eigenvalue weighted by molar-refractivity contribution is -0.150. The van der Waals surface area contributed by atoms with E-state index in [1.54, 1.807) is 0 Å². The molecule has 2 aliphatic carbocycles. The first-order chi connectivity index (χ1) is 29.5. The lowest BCUT2D eigenvalue weighted by atomic mass is 9.60. The van der Waals surface area contributed by atoms with E-state index < -0.39 is 22.8 Å². The molecule has 0 spiro atoms. The van der Waals surface area contributed by atoms with E-state index in [1.165, 1.54) is 32.1 Å². The van der Waals surface area contributed by atoms with Gasteiger partial charge in [-0.15, -0.1) is 0 Å². The fourth-order valence-corrected chi connectivity index (χ4v) is 9.59. The van der Waals surface area contributed by atoms with E-state index >= 15 is 0 Å². The van der Waals surface area contributed by atoms with Gasteiger partial charge in [-0.3, -0.25) is 9.59 Å². The molecular formula is C53H64N2O6. The smallest absolute Gasteiger partial charge is 0.324 e. The Labute approximate surface area is 363 Å². The third-order valence-electron chi connectivity index (χ3n) is 13.0. The van der Waals surface area contributed by atoms with Crippen LogP contribution in [0, 0.1) is 45.3 Å². The molecule has 0 radical (unpaired) electrons. The zero-order valence-corrected chi connectivity index (χ0v) is 36.6. The van der Waals surface area contributed by atoms with Gasteiger partial charge < -0.3 is 19.7 Å². The second-order valence-corrected chi connectivity index (χ2v) is 17.2. The zero-order valence-electron chi connectivity index (χ0n) is 36.6. The Morgan fingerprint density at radius 3 is 1.21 bits per heavy atom. The second-order valence-electron chi connectivity index (χ2n) is 17.2. The van der Waals surface area contributed by atoms with Gasteiger partial charge in [-0.1, -0.05) is 145 Å². The van der Waals surface area contributed by atoms with Crippen LogP contribution >= 0.6 is 0 Å². The summed E-state index contributed by atoms with van der Waals surface area (Å²) >= 11 is 0. The number of rotatable bonds is 17. The van der Waals surface area contributed by atoms with Crippen molar-refractivity contribution in [1.82, 2.24) is 0 Å². The van der Waals surface area contributed by atoms with Crippen LogP contribution in [0.4, 0.5) is 0 Å². The maximum atomic E-state index is 12.0. The van der Waals surface area contributed by atoms with E-state index in [-0.39, 0.29) is 23.7 Å². The summed E-state index contributed by atoms with van der Waals surface area (Å²) in [6, 6.07) is 36.6. The molecule has 6 rings (SSSR count). The molecule has 61 heavy (non-hydrogen) atoms. The third kappa shape index (κ3) is 11.2. The summed E-state index contributed by atoms with van der Waals surface area (Å²) in [4.78, 5) is 24.1. The average Bonchev–Trinajstić information content (AvgIpc) is 3.28. The number of hydrogen-bond acceptors (Lipinski definition) is 6. The van der Waals surface area contributed by atoms with Gasteiger partial charge in [0.25, 0.3) is 0 Å². The molecule has 6 atom stereocenters. The molecule has 2 aliphatic rings. The van der Waals surface area contributed by atoms with Crippen LogP contribution in [0.25, 0.3) is 22.3 Å². The standard InChI is InChI=1S/C27H33NO3.C26H31NO3/c1-3-4-5-6-18-31-24-15-13-22(14-16-24)21-9-11-23(12-10-21)25-20(2)8-7-17-27(25,19-28)26(29)30;1-3-4-5-17-30-23-14-12-21(13-15-23)20-8-10-22(11-9-20)24-19(2)7-6-16-26(24,18-27)25(28)29/h9-16,20,25H,3-8,17-18H2,1-2H3,(H,29,30);8-15,19,24H,3-7,16-17H2,1-2H3,(H,28,29). The molecule has 322 valence electrons. The number of aliphatic carboxylic acids is 2. The fourth-order valence-electron chi connectivity index (χ4n) is 9.59. The van der Waals surface area contributed by atoms with Crippen molar-refractivity contribution < 1.29 is 29.3 Å². The van der Waals surface area contributed by atoms with E-state index in [9.17, 15) is 30.3 Å². The molecule has 0 saturated heterocycles. The molecule has 0 bridgehead atoms. The second kappa shape index (κ2) is 22.3. The first-order valence-electron chi connectivity index (χ1n) is 22.5. The SMILES string of the molecule is CCCCCCOc1ccc(-c2ccc(C3C(C)CCCC3(C#N)C(=O)O)cc2)cc1.CCCCCOc1ccc(-c2ccc(C3C(C)CCCC3(C#N)C(=O)O)cc2)cc1. The molecule has 0 heterocycles. The highest BCUT2D eigenvalue weighted by molar-refractivity contribution is 5.81. The molecular weight excluding hydrogens is 761 g/mol. The minimum Gasteiger partial charge on any atom is -0.494 e. The Morgan fingerprint density at radius 2 is 0.885 bits per heavy atom. The van der Waals surface area contributed by atoms with Gasteiger partial charge in [0.2, 0.25) is 0 Å². The summed E-state index contributed by atoms with van der Waals surface area (Å²) in [7, 11) is 0. The van der Waals surface area contributed by atoms with E-state index in [0.717, 1.165) is 96.6 Å². The van der Waals surface area contributed by atoms with Gasteiger partial charge in [-0.05, 0) is 108 Å². The largest absolute Gasteiger partial charge is 0.494 e. The highest BCUT2D eigenvalue weighted by atomic mass is 16.5. The van der Waals surface area contributed by atoms with E-state index in [0.29, 0.717) is 12.8 Å². The van der Waals surface area contributed by atoms with Crippen LogP contribution in [0.15, 0.2) is 97.1 Å². The summed E-state index contributed by atoms with van der Waals surface area (Å²) in [5.41, 5.74) is 3.51. The number of carbonyl (C=O) groups is 2. The first kappa shape index (κ1) is 46.5. The van der Waals surface area contributed by atoms with Crippen molar-refractivity contribution in [1.29, 1.82) is 10.5 Å². The summed E-state index contributed by atoms with van der Waals surface area (Å²) in [6.07, 6.45) is 12.5. The maximum Gasteiger partial charge on any atom is 0.324 e. The van der Waals surface area contributed by atoms with Crippen LogP contribution in [-0.4, -0.2) is 35.4 Å². The lowest BCUT2D eigenvalue weighted by Gasteiger charge is -2.40. The number of ether oxygens (including phenoxy) is 2. The van der Waals surface area contributed by atoms with Crippen molar-refractivity contribution in [2.24, 2.45) is 22.7 Å². The molecule has 6 unspecified atom stereocenters. The predicted octanol–water partition coefficient (Wildman–Crippen LogP) is 13.2. The first-order valence-corrected chi connectivity index (χ1v) is 22.5. The van der Waals surface area contributed by atoms with Gasteiger partial charge >= 0.3 is 11.9 Å². The summed E-state index contributed by atoms with van der Waals surface area (Å²) in [5, 5.41) is 39.3. The molecule has 2 saturated carbocycles. The van der Waals surface area contributed by atoms with E-state index in [4.69, 9.17) is 9.47 Å². The van der Waals surface area contributed by atoms with E-state index in [1.807, 2.05) is 84.9 Å². The van der Waals surface area contributed by atoms with E-state index in [2.05, 4.69) is 52.0 Å². The summed E-state index contributed by atoms with van der Waals surface area (Å²) in [5.74, 6) is -0.506. The normalized spacial score (nSPS) is 23.3. The minimum atomic E-state index is -1.34. The Kier molecular flexibility index (Phi) is 17.0. The number of unbranched alkanes of at least 4 members (excludes halogenated alkanes) is 5. The Hall–Kier alpha value is -5.60. The van der Waals surface area contributed by atoms with Crippen LogP contribution in [-0.2, 0) is 9.59 Å². The van der Waals surface area contributed by atoms with Crippen LogP contribution in [0.5, 0.6) is 11.5 Å². The number of carboxylic acid groups (broad SMARTS) is 2. The highest BCUT2D eigenvalue weighted by Crippen LogP contribution is 2.52. The fraction of sp³-hybridized carbons (Fsp3) is 0.472. The molecule has 0 aliphatic heterocycles. The lowest BCUT2D eigenvalue weighted by Crippen LogP contribution is -2.42. The number of benzene rings is 4. The van der Waals surface area contributed by atoms with Gasteiger partial charge in [-0.2, -0.15) is 10.5 Å². The molecule has 2 N–H and O–H groups in total. The van der Waals surface area contributed by atoms with Gasteiger partial charge in [0.05, 0.1) is 25.4 Å². The third-order valence-corrected chi connectivity index (χ3v) is 13.0. The van der Waals surface area contributed by atoms with Gasteiger partial charge in [0, 0.05) is 11.8 Å². The highest BCUT2D eigenvalue weighted by Gasteiger charge is 2.52. The van der Waals surface area contributed by atoms with Crippen molar-refractivity contribution >= 4 is 11.9 Å². The monoisotopic (exact) mass is 824 g/mol. The molecule has 8 nitrogen and oxygen atoms in total. The van der Waals surface area contributed by atoms with Crippen LogP contribution in [0.1, 0.15) is 134 Å². The molecule has 8 heteroatoms. The van der Waals surface area contributed by atoms with Gasteiger partial charge in [-0.25, -0.2) is 0 Å². The zero-order chi connectivity index (χ0) is 43.8. The van der Waals surface area contributed by atoms with Gasteiger partial charge in [0.1, 0.15) is 11.5 Å². The minimum absolute atomic E-state index is 0.157. The van der Waals surface area contributed by atoms with Crippen molar-refractivity contribution in [3.63, 3.8) is 0 Å². The Morgan fingerprint density at radius 1 is 0.557 bits per heavy atom. The number of nitriles is 2. The van der Waals surface area contributed by atoms with Crippen LogP contribution in [0.3, 0.4) is 0 Å². The van der Waals surface area contributed by atoms with Crippen molar-refractivity contribution in [2.45, 2.75) is 123 Å². The van der Waals surface area contributed by atoms with Crippen molar-refractivity contribution in [2.75, 3.05) is 13.2 Å². The molecule has 4 aromatic rings. The van der Waals surface area contributed by atoms with Gasteiger partial charge in [0.15, 0.2) is 10.8 Å². The Bertz CT molecular complexity index is 2080. The van der Waals surface area contributed by atoms with Crippen molar-refractivity contribution in [3.05, 3.63) is 108 Å². The quantitative estimate of drug-likeness (QED) is 0.100. The molecule has 0 amide bonds. The molecule has 2 fully saturated rings. The topological polar surface area (TPSA) is 141 Å². The van der Waals surface area contributed by atoms with Crippen molar-refractivity contribution in [3.8, 4) is 45.9 Å². The summed E-state index contributed by atoms with van der Waals surface area (Å²) < 4.78 is 11.6. The number of nitrogens with zero attached hydrogens (tertiary/aromatic N) is 2.